The maximum atomic E-state index is 12.4. The Morgan fingerprint density at radius 1 is 1.42 bits per heavy atom. The number of nitrogens with zero attached hydrogens (tertiary/aromatic N) is 2. The normalized spacial score (nSPS) is 23.2. The van der Waals surface area contributed by atoms with Gasteiger partial charge in [0, 0.05) is 12.7 Å². The summed E-state index contributed by atoms with van der Waals surface area (Å²) >= 11 is 0. The van der Waals surface area contributed by atoms with Crippen molar-refractivity contribution in [3.8, 4) is 0 Å². The summed E-state index contributed by atoms with van der Waals surface area (Å²) in [6.07, 6.45) is 1.41. The third-order valence-electron chi connectivity index (χ3n) is 3.13. The van der Waals surface area contributed by atoms with Crippen LogP contribution < -0.4 is 5.73 Å². The van der Waals surface area contributed by atoms with Gasteiger partial charge in [0.25, 0.3) is 11.8 Å². The molecule has 1 saturated heterocycles. The van der Waals surface area contributed by atoms with Gasteiger partial charge in [-0.3, -0.25) is 14.6 Å². The fourth-order valence-corrected chi connectivity index (χ4v) is 2.02. The Morgan fingerprint density at radius 3 is 2.74 bits per heavy atom. The molecule has 6 nitrogen and oxygen atoms in total. The molecule has 6 heteroatoms. The number of pyridine rings is 1. The number of hydrogen-bond acceptors (Lipinski definition) is 4. The van der Waals surface area contributed by atoms with Crippen molar-refractivity contribution in [2.75, 3.05) is 13.2 Å². The molecule has 2 rings (SSSR count). The smallest absolute Gasteiger partial charge is 0.267 e. The highest BCUT2D eigenvalue weighted by Crippen LogP contribution is 2.15. The lowest BCUT2D eigenvalue weighted by molar-refractivity contribution is -0.0387. The molecule has 1 aromatic rings. The third-order valence-corrected chi connectivity index (χ3v) is 3.13. The van der Waals surface area contributed by atoms with Gasteiger partial charge in [0.2, 0.25) is 0 Å². The fourth-order valence-electron chi connectivity index (χ4n) is 2.02. The Labute approximate surface area is 111 Å². The van der Waals surface area contributed by atoms with Crippen LogP contribution in [0.1, 0.15) is 34.7 Å². The molecule has 1 aromatic heterocycles. The summed E-state index contributed by atoms with van der Waals surface area (Å²) in [6.45, 7) is 4.95. The lowest BCUT2D eigenvalue weighted by Gasteiger charge is -2.36. The summed E-state index contributed by atoms with van der Waals surface area (Å²) in [5.74, 6) is -0.710. The third kappa shape index (κ3) is 2.90. The van der Waals surface area contributed by atoms with E-state index in [1.807, 2.05) is 13.8 Å². The van der Waals surface area contributed by atoms with Crippen LogP contribution in [0.5, 0.6) is 0 Å². The first-order chi connectivity index (χ1) is 8.99. The number of carbonyl (C=O) groups excluding carboxylic acids is 2. The molecule has 2 unspecified atom stereocenters. The highest BCUT2D eigenvalue weighted by Gasteiger charge is 2.28. The van der Waals surface area contributed by atoms with E-state index in [4.69, 9.17) is 10.5 Å². The molecule has 1 aliphatic rings. The molecule has 2 N–H and O–H groups in total. The molecular weight excluding hydrogens is 246 g/mol. The molecule has 1 fully saturated rings. The van der Waals surface area contributed by atoms with Crippen LogP contribution in [-0.2, 0) is 4.74 Å². The molecule has 2 atom stereocenters. The number of aromatic nitrogens is 1. The number of hydrogen-bond donors (Lipinski definition) is 1. The zero-order chi connectivity index (χ0) is 14.0. The van der Waals surface area contributed by atoms with Crippen molar-refractivity contribution in [1.29, 1.82) is 0 Å². The number of amides is 2. The van der Waals surface area contributed by atoms with Crippen LogP contribution in [0.3, 0.4) is 0 Å². The van der Waals surface area contributed by atoms with E-state index in [0.717, 1.165) is 0 Å². The van der Waals surface area contributed by atoms with Gasteiger partial charge in [-0.25, -0.2) is 0 Å². The van der Waals surface area contributed by atoms with Gasteiger partial charge in [0.1, 0.15) is 5.69 Å². The molecular formula is C13H17N3O3. The summed E-state index contributed by atoms with van der Waals surface area (Å²) < 4.78 is 5.49. The second-order valence-electron chi connectivity index (χ2n) is 4.75. The molecule has 19 heavy (non-hydrogen) atoms. The number of ether oxygens (including phenoxy) is 1. The van der Waals surface area contributed by atoms with E-state index in [0.29, 0.717) is 18.7 Å². The monoisotopic (exact) mass is 263 g/mol. The van der Waals surface area contributed by atoms with Crippen molar-refractivity contribution in [3.05, 3.63) is 29.6 Å². The van der Waals surface area contributed by atoms with Gasteiger partial charge >= 0.3 is 0 Å². The number of primary amides is 1. The van der Waals surface area contributed by atoms with Crippen LogP contribution in [0.4, 0.5) is 0 Å². The van der Waals surface area contributed by atoms with Crippen LogP contribution in [0.2, 0.25) is 0 Å². The van der Waals surface area contributed by atoms with E-state index in [-0.39, 0.29) is 23.7 Å². The molecule has 1 aliphatic heterocycles. The lowest BCUT2D eigenvalue weighted by atomic mass is 10.1. The van der Waals surface area contributed by atoms with Crippen LogP contribution in [0.25, 0.3) is 0 Å². The Balaban J connectivity index is 2.16. The first-order valence-electron chi connectivity index (χ1n) is 6.17. The number of nitrogens with two attached hydrogens (primary N) is 1. The van der Waals surface area contributed by atoms with Gasteiger partial charge in [-0.05, 0) is 26.0 Å². The summed E-state index contributed by atoms with van der Waals surface area (Å²) in [4.78, 5) is 28.9. The first-order valence-corrected chi connectivity index (χ1v) is 6.17. The fraction of sp³-hybridized carbons (Fsp3) is 0.462. The molecule has 0 spiro atoms. The van der Waals surface area contributed by atoms with Gasteiger partial charge in [-0.1, -0.05) is 0 Å². The average molecular weight is 263 g/mol. The maximum absolute atomic E-state index is 12.4. The second-order valence-corrected chi connectivity index (χ2v) is 4.75. The SMILES string of the molecule is CC1CN(C(=O)c2ccc(C(N)=O)nc2)C(C)CO1. The predicted octanol–water partition coefficient (Wildman–Crippen LogP) is 0.430. The number of carbonyl (C=O) groups is 2. The zero-order valence-corrected chi connectivity index (χ0v) is 11.0. The Bertz CT molecular complexity index is 486. The van der Waals surface area contributed by atoms with E-state index in [2.05, 4.69) is 4.98 Å². The summed E-state index contributed by atoms with van der Waals surface area (Å²) in [5, 5.41) is 0. The number of morpholine rings is 1. The minimum atomic E-state index is -0.604. The zero-order valence-electron chi connectivity index (χ0n) is 11.0. The number of rotatable bonds is 2. The molecule has 0 radical (unpaired) electrons. The van der Waals surface area contributed by atoms with Crippen molar-refractivity contribution in [2.45, 2.75) is 26.0 Å². The molecule has 0 aliphatic carbocycles. The van der Waals surface area contributed by atoms with Gasteiger partial charge in [-0.2, -0.15) is 0 Å². The average Bonchev–Trinajstić information content (AvgIpc) is 2.41. The predicted molar refractivity (Wildman–Crippen MR) is 68.7 cm³/mol. The minimum absolute atomic E-state index is 0.0259. The molecule has 0 aromatic carbocycles. The van der Waals surface area contributed by atoms with E-state index >= 15 is 0 Å². The van der Waals surface area contributed by atoms with E-state index in [1.165, 1.54) is 12.3 Å². The highest BCUT2D eigenvalue weighted by molar-refractivity contribution is 5.96. The van der Waals surface area contributed by atoms with Crippen LogP contribution in [0.15, 0.2) is 18.3 Å². The van der Waals surface area contributed by atoms with Crippen molar-refractivity contribution in [2.24, 2.45) is 5.73 Å². The molecule has 2 amide bonds. The Hall–Kier alpha value is -1.95. The van der Waals surface area contributed by atoms with Crippen LogP contribution >= 0.6 is 0 Å². The highest BCUT2D eigenvalue weighted by atomic mass is 16.5. The molecule has 0 bridgehead atoms. The summed E-state index contributed by atoms with van der Waals surface area (Å²) in [6, 6.07) is 3.06. The quantitative estimate of drug-likeness (QED) is 0.838. The molecule has 102 valence electrons. The second kappa shape index (κ2) is 5.36. The Kier molecular flexibility index (Phi) is 3.80. The van der Waals surface area contributed by atoms with Crippen molar-refractivity contribution >= 4 is 11.8 Å². The maximum Gasteiger partial charge on any atom is 0.267 e. The van der Waals surface area contributed by atoms with Gasteiger partial charge in [0.05, 0.1) is 24.3 Å². The lowest BCUT2D eigenvalue weighted by Crippen LogP contribution is -2.50. The van der Waals surface area contributed by atoms with Crippen molar-refractivity contribution in [3.63, 3.8) is 0 Å². The standard InChI is InChI=1S/C13H17N3O3/c1-8-7-19-9(2)6-16(8)13(18)10-3-4-11(12(14)17)15-5-10/h3-5,8-9H,6-7H2,1-2H3,(H2,14,17). The molecule has 2 heterocycles. The van der Waals surface area contributed by atoms with E-state index in [1.54, 1.807) is 11.0 Å². The Morgan fingerprint density at radius 2 is 2.16 bits per heavy atom. The van der Waals surface area contributed by atoms with Crippen molar-refractivity contribution in [1.82, 2.24) is 9.88 Å². The van der Waals surface area contributed by atoms with Gasteiger partial charge in [-0.15, -0.1) is 0 Å². The van der Waals surface area contributed by atoms with Crippen molar-refractivity contribution < 1.29 is 14.3 Å². The first kappa shape index (κ1) is 13.5. The van der Waals surface area contributed by atoms with Crippen LogP contribution in [0, 0.1) is 0 Å². The van der Waals surface area contributed by atoms with E-state index in [9.17, 15) is 9.59 Å². The van der Waals surface area contributed by atoms with Crippen LogP contribution in [-0.4, -0.2) is 47.0 Å². The summed E-state index contributed by atoms with van der Waals surface area (Å²) in [7, 11) is 0. The molecule has 0 saturated carbocycles. The largest absolute Gasteiger partial charge is 0.375 e. The topological polar surface area (TPSA) is 85.5 Å². The summed E-state index contributed by atoms with van der Waals surface area (Å²) in [5.41, 5.74) is 5.71. The van der Waals surface area contributed by atoms with Gasteiger partial charge in [0.15, 0.2) is 0 Å². The van der Waals surface area contributed by atoms with Gasteiger partial charge < -0.3 is 15.4 Å². The minimum Gasteiger partial charge on any atom is -0.375 e. The van der Waals surface area contributed by atoms with E-state index < -0.39 is 5.91 Å².